The summed E-state index contributed by atoms with van der Waals surface area (Å²) in [6.07, 6.45) is 2.13. The van der Waals surface area contributed by atoms with Crippen LogP contribution in [-0.2, 0) is 14.2 Å². The maximum absolute atomic E-state index is 6.30. The van der Waals surface area contributed by atoms with Crippen molar-refractivity contribution < 1.29 is 33.2 Å². The molecule has 3 saturated heterocycles. The fourth-order valence-corrected chi connectivity index (χ4v) is 5.33. The molecule has 8 rings (SSSR count). The van der Waals surface area contributed by atoms with Crippen LogP contribution in [0.3, 0.4) is 0 Å². The van der Waals surface area contributed by atoms with Crippen molar-refractivity contribution >= 4 is 5.95 Å². The summed E-state index contributed by atoms with van der Waals surface area (Å²) in [6.45, 7) is 3.54. The summed E-state index contributed by atoms with van der Waals surface area (Å²) >= 11 is 0. The molecule has 4 aromatic carbocycles. The van der Waals surface area contributed by atoms with E-state index in [0.717, 1.165) is 47.0 Å². The Balaban J connectivity index is 0.910. The molecule has 0 radical (unpaired) electrons. The van der Waals surface area contributed by atoms with E-state index in [-0.39, 0.29) is 12.2 Å². The van der Waals surface area contributed by atoms with Crippen molar-refractivity contribution in [3.05, 3.63) is 110 Å². The Morgan fingerprint density at radius 2 is 0.917 bits per heavy atom. The van der Waals surface area contributed by atoms with E-state index in [4.69, 9.17) is 33.2 Å². The zero-order chi connectivity index (χ0) is 32.1. The van der Waals surface area contributed by atoms with Gasteiger partial charge in [0.15, 0.2) is 0 Å². The van der Waals surface area contributed by atoms with Gasteiger partial charge >= 0.3 is 0 Å². The van der Waals surface area contributed by atoms with Gasteiger partial charge in [-0.15, -0.1) is 0 Å². The molecule has 4 unspecified atom stereocenters. The van der Waals surface area contributed by atoms with Gasteiger partial charge in [0.25, 0.3) is 0 Å². The second-order valence-corrected chi connectivity index (χ2v) is 11.7. The van der Waals surface area contributed by atoms with Crippen molar-refractivity contribution in [2.45, 2.75) is 24.8 Å². The summed E-state index contributed by atoms with van der Waals surface area (Å²) in [6, 6.07) is 31.9. The summed E-state index contributed by atoms with van der Waals surface area (Å²) in [5.74, 6) is 3.53. The molecule has 0 N–H and O–H groups in total. The van der Waals surface area contributed by atoms with Gasteiger partial charge in [-0.25, -0.2) is 15.0 Å². The number of epoxide rings is 2. The van der Waals surface area contributed by atoms with Crippen LogP contribution in [0.1, 0.15) is 0 Å². The Bertz CT molecular complexity index is 1650. The molecule has 11 heteroatoms. The van der Waals surface area contributed by atoms with Crippen LogP contribution >= 0.6 is 0 Å². The van der Waals surface area contributed by atoms with E-state index in [1.54, 1.807) is 0 Å². The van der Waals surface area contributed by atoms with Crippen molar-refractivity contribution in [2.24, 2.45) is 0 Å². The first-order chi connectivity index (χ1) is 23.7. The molecule has 0 saturated carbocycles. The Hall–Kier alpha value is -5.23. The van der Waals surface area contributed by atoms with Crippen LogP contribution in [0.15, 0.2) is 110 Å². The number of benzene rings is 4. The fourth-order valence-electron chi connectivity index (χ4n) is 5.33. The highest BCUT2D eigenvalue weighted by Crippen LogP contribution is 2.29. The molecule has 3 fully saturated rings. The largest absolute Gasteiger partial charge is 0.491 e. The summed E-state index contributed by atoms with van der Waals surface area (Å²) in [5, 5.41) is 0. The predicted octanol–water partition coefficient (Wildman–Crippen LogP) is 5.41. The lowest BCUT2D eigenvalue weighted by molar-refractivity contribution is -0.192. The molecule has 0 spiro atoms. The zero-order valence-electron chi connectivity index (χ0n) is 26.1. The van der Waals surface area contributed by atoms with E-state index in [1.807, 2.05) is 102 Å². The predicted molar refractivity (Wildman–Crippen MR) is 176 cm³/mol. The summed E-state index contributed by atoms with van der Waals surface area (Å²) in [5.41, 5.74) is 4.29. The first-order valence-electron chi connectivity index (χ1n) is 16.0. The average Bonchev–Trinajstić information content (AvgIpc) is 4.08. The second-order valence-electron chi connectivity index (χ2n) is 11.7. The van der Waals surface area contributed by atoms with E-state index in [0.29, 0.717) is 43.8 Å². The molecule has 4 atom stereocenters. The van der Waals surface area contributed by atoms with E-state index >= 15 is 0 Å². The van der Waals surface area contributed by atoms with Crippen molar-refractivity contribution in [2.75, 3.05) is 44.4 Å². The second kappa shape index (κ2) is 13.9. The SMILES string of the molecule is c1ncnc(N2CC(Oc3ccc(-c4ccc(OCC5CO5)cc4)cc3)OC(Oc3ccc(-c4ccc(OCC5CO5)cc4)cc3)C2)n1. The molecule has 0 aliphatic carbocycles. The first kappa shape index (κ1) is 30.1. The molecule has 1 aromatic heterocycles. The topological polar surface area (TPSA) is 113 Å². The Morgan fingerprint density at radius 1 is 0.542 bits per heavy atom. The van der Waals surface area contributed by atoms with E-state index in [2.05, 4.69) is 15.0 Å². The maximum atomic E-state index is 6.30. The highest BCUT2D eigenvalue weighted by molar-refractivity contribution is 5.66. The summed E-state index contributed by atoms with van der Waals surface area (Å²) in [7, 11) is 0. The van der Waals surface area contributed by atoms with Gasteiger partial charge in [-0.05, 0) is 70.8 Å². The standard InChI is InChI=1S/C37H34N4O7/c1-9-29(42-19-33-21-44-33)10-2-25(1)27-5-13-31(14-6-27)46-35-17-41(37-39-23-38-24-40-37)18-36(48-35)47-32-15-7-28(8-16-32)26-3-11-30(12-4-26)43-20-34-22-45-34/h1-16,23-24,33-36H,17-22H2. The van der Waals surface area contributed by atoms with Crippen LogP contribution in [-0.4, -0.2) is 79.3 Å². The van der Waals surface area contributed by atoms with E-state index in [1.165, 1.54) is 12.7 Å². The van der Waals surface area contributed by atoms with Gasteiger partial charge in [0.2, 0.25) is 18.5 Å². The molecular weight excluding hydrogens is 612 g/mol. The molecule has 11 nitrogen and oxygen atoms in total. The molecular formula is C37H34N4O7. The van der Waals surface area contributed by atoms with Crippen LogP contribution in [0.25, 0.3) is 22.3 Å². The molecule has 4 heterocycles. The highest BCUT2D eigenvalue weighted by Gasteiger charge is 2.32. The molecule has 48 heavy (non-hydrogen) atoms. The van der Waals surface area contributed by atoms with Gasteiger partial charge < -0.3 is 33.3 Å². The monoisotopic (exact) mass is 646 g/mol. The number of hydrogen-bond donors (Lipinski definition) is 0. The minimum absolute atomic E-state index is 0.228. The lowest BCUT2D eigenvalue weighted by Gasteiger charge is -2.37. The van der Waals surface area contributed by atoms with Gasteiger partial charge in [-0.2, -0.15) is 0 Å². The van der Waals surface area contributed by atoms with Gasteiger partial charge in [0.1, 0.15) is 61.1 Å². The third-order valence-corrected chi connectivity index (χ3v) is 8.10. The Morgan fingerprint density at radius 3 is 1.29 bits per heavy atom. The number of morpholine rings is 1. The van der Waals surface area contributed by atoms with Gasteiger partial charge in [0.05, 0.1) is 26.3 Å². The molecule has 0 bridgehead atoms. The van der Waals surface area contributed by atoms with Crippen LogP contribution in [0.4, 0.5) is 5.95 Å². The van der Waals surface area contributed by atoms with Crippen molar-refractivity contribution in [3.63, 3.8) is 0 Å². The Labute approximate surface area is 278 Å². The number of aromatic nitrogens is 3. The number of nitrogens with zero attached hydrogens (tertiary/aromatic N) is 4. The maximum Gasteiger partial charge on any atom is 0.228 e. The van der Waals surface area contributed by atoms with Crippen molar-refractivity contribution in [1.29, 1.82) is 0 Å². The van der Waals surface area contributed by atoms with Gasteiger partial charge in [0, 0.05) is 0 Å². The number of anilines is 1. The lowest BCUT2D eigenvalue weighted by Crippen LogP contribution is -2.52. The highest BCUT2D eigenvalue weighted by atomic mass is 16.8. The minimum atomic E-state index is -0.635. The fraction of sp³-hybridized carbons (Fsp3) is 0.270. The van der Waals surface area contributed by atoms with Crippen LogP contribution in [0.2, 0.25) is 0 Å². The van der Waals surface area contributed by atoms with E-state index < -0.39 is 12.6 Å². The van der Waals surface area contributed by atoms with Crippen LogP contribution in [0, 0.1) is 0 Å². The quantitative estimate of drug-likeness (QED) is 0.153. The minimum Gasteiger partial charge on any atom is -0.491 e. The van der Waals surface area contributed by atoms with Crippen molar-refractivity contribution in [3.8, 4) is 45.3 Å². The molecule has 5 aromatic rings. The molecule has 244 valence electrons. The smallest absolute Gasteiger partial charge is 0.228 e. The summed E-state index contributed by atoms with van der Waals surface area (Å²) < 4.78 is 40.8. The van der Waals surface area contributed by atoms with Gasteiger partial charge in [-0.3, -0.25) is 4.74 Å². The van der Waals surface area contributed by atoms with Crippen LogP contribution in [0.5, 0.6) is 23.0 Å². The normalized spacial score (nSPS) is 21.3. The molecule has 0 amide bonds. The zero-order valence-corrected chi connectivity index (χ0v) is 26.1. The first-order valence-corrected chi connectivity index (χ1v) is 16.0. The number of ether oxygens (including phenoxy) is 7. The van der Waals surface area contributed by atoms with Gasteiger partial charge in [-0.1, -0.05) is 48.5 Å². The lowest BCUT2D eigenvalue weighted by atomic mass is 10.1. The summed E-state index contributed by atoms with van der Waals surface area (Å²) in [4.78, 5) is 14.6. The van der Waals surface area contributed by atoms with Crippen LogP contribution < -0.4 is 23.8 Å². The molecule has 3 aliphatic heterocycles. The third kappa shape index (κ3) is 7.83. The molecule has 3 aliphatic rings. The average molecular weight is 647 g/mol. The third-order valence-electron chi connectivity index (χ3n) is 8.10. The Kier molecular flexibility index (Phi) is 8.70. The number of rotatable bonds is 13. The van der Waals surface area contributed by atoms with Crippen molar-refractivity contribution in [1.82, 2.24) is 15.0 Å². The van der Waals surface area contributed by atoms with E-state index in [9.17, 15) is 0 Å². The number of hydrogen-bond acceptors (Lipinski definition) is 11.